The van der Waals surface area contributed by atoms with E-state index in [9.17, 15) is 8.42 Å². The zero-order valence-corrected chi connectivity index (χ0v) is 16.0. The maximum absolute atomic E-state index is 13.1. The minimum absolute atomic E-state index is 0.370. The molecular weight excluding hydrogens is 360 g/mol. The van der Waals surface area contributed by atoms with Crippen molar-refractivity contribution in [1.29, 1.82) is 0 Å². The molecule has 1 fully saturated rings. The lowest BCUT2D eigenvalue weighted by atomic mass is 10.1. The molecule has 0 aliphatic carbocycles. The lowest BCUT2D eigenvalue weighted by Crippen LogP contribution is -2.40. The molecule has 0 amide bonds. The maximum atomic E-state index is 13.1. The van der Waals surface area contributed by atoms with Gasteiger partial charge < -0.3 is 9.30 Å². The summed E-state index contributed by atoms with van der Waals surface area (Å²) in [7, 11) is -3.52. The zero-order valence-electron chi connectivity index (χ0n) is 15.2. The number of aryl methyl sites for hydroxylation is 1. The van der Waals surface area contributed by atoms with E-state index in [4.69, 9.17) is 4.74 Å². The number of hydrogen-bond acceptors (Lipinski definition) is 3. The molecule has 140 valence electrons. The quantitative estimate of drug-likeness (QED) is 0.694. The standard InChI is InChI=1S/C21H22N2O3S/c1-17-7-8-18(15-21(17)27(24,25)23-11-13-26-14-12-23)19-9-10-22(16-19)20-5-3-2-4-6-20/h2-10,15-16H,11-14H2,1H3. The van der Waals surface area contributed by atoms with Crippen LogP contribution in [0.4, 0.5) is 0 Å². The molecule has 1 aromatic heterocycles. The average Bonchev–Trinajstić information content (AvgIpc) is 3.20. The van der Waals surface area contributed by atoms with Crippen LogP contribution < -0.4 is 0 Å². The Morgan fingerprint density at radius 2 is 1.67 bits per heavy atom. The van der Waals surface area contributed by atoms with Crippen LogP contribution in [0.3, 0.4) is 0 Å². The molecule has 5 nitrogen and oxygen atoms in total. The zero-order chi connectivity index (χ0) is 18.9. The van der Waals surface area contributed by atoms with Crippen molar-refractivity contribution in [3.63, 3.8) is 0 Å². The minimum atomic E-state index is -3.52. The minimum Gasteiger partial charge on any atom is -0.379 e. The third kappa shape index (κ3) is 3.56. The first-order chi connectivity index (χ1) is 13.1. The molecule has 0 saturated carbocycles. The molecular formula is C21H22N2O3S. The number of para-hydroxylation sites is 1. The molecule has 6 heteroatoms. The van der Waals surface area contributed by atoms with E-state index in [1.807, 2.05) is 72.4 Å². The van der Waals surface area contributed by atoms with Crippen LogP contribution in [0.1, 0.15) is 5.56 Å². The van der Waals surface area contributed by atoms with E-state index in [1.165, 1.54) is 4.31 Å². The SMILES string of the molecule is Cc1ccc(-c2ccn(-c3ccccc3)c2)cc1S(=O)(=O)N1CCOCC1. The Morgan fingerprint density at radius 1 is 0.926 bits per heavy atom. The van der Waals surface area contributed by atoms with Gasteiger partial charge in [-0.2, -0.15) is 4.31 Å². The van der Waals surface area contributed by atoms with Crippen LogP contribution in [0.5, 0.6) is 0 Å². The first-order valence-electron chi connectivity index (χ1n) is 8.98. The van der Waals surface area contributed by atoms with Crippen LogP contribution in [-0.2, 0) is 14.8 Å². The lowest BCUT2D eigenvalue weighted by molar-refractivity contribution is 0.0730. The van der Waals surface area contributed by atoms with E-state index in [0.717, 1.165) is 22.4 Å². The number of ether oxygens (including phenoxy) is 1. The van der Waals surface area contributed by atoms with Crippen molar-refractivity contribution in [2.45, 2.75) is 11.8 Å². The van der Waals surface area contributed by atoms with Crippen molar-refractivity contribution in [2.24, 2.45) is 0 Å². The molecule has 0 unspecified atom stereocenters. The van der Waals surface area contributed by atoms with E-state index in [1.54, 1.807) is 6.07 Å². The third-order valence-corrected chi connectivity index (χ3v) is 6.90. The summed E-state index contributed by atoms with van der Waals surface area (Å²) in [4.78, 5) is 0.370. The monoisotopic (exact) mass is 382 g/mol. The fourth-order valence-corrected chi connectivity index (χ4v) is 4.97. The molecule has 2 heterocycles. The van der Waals surface area contributed by atoms with Gasteiger partial charge in [0.2, 0.25) is 10.0 Å². The number of rotatable bonds is 4. The molecule has 1 aliphatic heterocycles. The van der Waals surface area contributed by atoms with E-state index in [2.05, 4.69) is 0 Å². The van der Waals surface area contributed by atoms with Gasteiger partial charge in [0.05, 0.1) is 18.1 Å². The van der Waals surface area contributed by atoms with E-state index < -0.39 is 10.0 Å². The van der Waals surface area contributed by atoms with Crippen LogP contribution in [0.25, 0.3) is 16.8 Å². The Balaban J connectivity index is 1.70. The number of benzene rings is 2. The van der Waals surface area contributed by atoms with Crippen molar-refractivity contribution < 1.29 is 13.2 Å². The van der Waals surface area contributed by atoms with E-state index in [0.29, 0.717) is 31.2 Å². The first-order valence-corrected chi connectivity index (χ1v) is 10.4. The third-order valence-electron chi connectivity index (χ3n) is 4.86. The molecule has 0 spiro atoms. The van der Waals surface area contributed by atoms with Crippen LogP contribution in [0.2, 0.25) is 0 Å². The number of aromatic nitrogens is 1. The fourth-order valence-electron chi connectivity index (χ4n) is 3.31. The highest BCUT2D eigenvalue weighted by Gasteiger charge is 2.28. The summed E-state index contributed by atoms with van der Waals surface area (Å²) in [5.74, 6) is 0. The van der Waals surface area contributed by atoms with Crippen molar-refractivity contribution in [3.8, 4) is 16.8 Å². The number of sulfonamides is 1. The topological polar surface area (TPSA) is 51.5 Å². The Bertz CT molecular complexity index is 1040. The van der Waals surface area contributed by atoms with Gasteiger partial charge in [0.1, 0.15) is 0 Å². The Morgan fingerprint density at radius 3 is 2.41 bits per heavy atom. The van der Waals surface area contributed by atoms with E-state index in [-0.39, 0.29) is 0 Å². The van der Waals surface area contributed by atoms with Gasteiger partial charge in [-0.25, -0.2) is 8.42 Å². The molecule has 4 rings (SSSR count). The molecule has 3 aromatic rings. The van der Waals surface area contributed by atoms with Gasteiger partial charge in [0.25, 0.3) is 0 Å². The molecule has 0 bridgehead atoms. The van der Waals surface area contributed by atoms with Crippen molar-refractivity contribution >= 4 is 10.0 Å². The van der Waals surface area contributed by atoms with Gasteiger partial charge in [0, 0.05) is 31.2 Å². The molecule has 0 atom stereocenters. The lowest BCUT2D eigenvalue weighted by Gasteiger charge is -2.26. The highest BCUT2D eigenvalue weighted by molar-refractivity contribution is 7.89. The predicted molar refractivity (Wildman–Crippen MR) is 106 cm³/mol. The first kappa shape index (κ1) is 18.0. The molecule has 1 aliphatic rings. The highest BCUT2D eigenvalue weighted by Crippen LogP contribution is 2.28. The van der Waals surface area contributed by atoms with Crippen LogP contribution in [0, 0.1) is 6.92 Å². The van der Waals surface area contributed by atoms with Crippen molar-refractivity contribution in [1.82, 2.24) is 8.87 Å². The number of hydrogen-bond donors (Lipinski definition) is 0. The Hall–Kier alpha value is -2.41. The number of nitrogens with zero attached hydrogens (tertiary/aromatic N) is 2. The smallest absolute Gasteiger partial charge is 0.243 e. The van der Waals surface area contributed by atoms with Gasteiger partial charge in [-0.15, -0.1) is 0 Å². The molecule has 0 N–H and O–H groups in total. The highest BCUT2D eigenvalue weighted by atomic mass is 32.2. The van der Waals surface area contributed by atoms with Crippen LogP contribution >= 0.6 is 0 Å². The summed E-state index contributed by atoms with van der Waals surface area (Å²) in [5.41, 5.74) is 3.70. The largest absolute Gasteiger partial charge is 0.379 e. The van der Waals surface area contributed by atoms with Gasteiger partial charge in [-0.1, -0.05) is 30.3 Å². The van der Waals surface area contributed by atoms with Crippen LogP contribution in [0.15, 0.2) is 71.9 Å². The summed E-state index contributed by atoms with van der Waals surface area (Å²) in [6, 6.07) is 17.7. The summed E-state index contributed by atoms with van der Waals surface area (Å²) in [6.07, 6.45) is 4.01. The second-order valence-corrected chi connectivity index (χ2v) is 8.55. The fraction of sp³-hybridized carbons (Fsp3) is 0.238. The van der Waals surface area contributed by atoms with Gasteiger partial charge in [0.15, 0.2) is 0 Å². The van der Waals surface area contributed by atoms with Crippen molar-refractivity contribution in [2.75, 3.05) is 26.3 Å². The normalized spacial score (nSPS) is 15.7. The van der Waals surface area contributed by atoms with Gasteiger partial charge in [-0.05, 0) is 47.9 Å². The molecule has 1 saturated heterocycles. The summed E-state index contributed by atoms with van der Waals surface area (Å²) < 4.78 is 35.0. The predicted octanol–water partition coefficient (Wildman–Crippen LogP) is 3.47. The Kier molecular flexibility index (Phi) is 4.86. The average molecular weight is 382 g/mol. The summed E-state index contributed by atoms with van der Waals surface area (Å²) in [6.45, 7) is 3.52. The summed E-state index contributed by atoms with van der Waals surface area (Å²) >= 11 is 0. The number of morpholine rings is 1. The second-order valence-electron chi connectivity index (χ2n) is 6.64. The Labute approximate surface area is 159 Å². The molecule has 27 heavy (non-hydrogen) atoms. The van der Waals surface area contributed by atoms with E-state index >= 15 is 0 Å². The van der Waals surface area contributed by atoms with Gasteiger partial charge >= 0.3 is 0 Å². The second kappa shape index (κ2) is 7.31. The molecule has 2 aromatic carbocycles. The van der Waals surface area contributed by atoms with Gasteiger partial charge in [-0.3, -0.25) is 0 Å². The molecule has 0 radical (unpaired) electrons. The summed E-state index contributed by atoms with van der Waals surface area (Å²) in [5, 5.41) is 0. The van der Waals surface area contributed by atoms with Crippen molar-refractivity contribution in [3.05, 3.63) is 72.6 Å². The maximum Gasteiger partial charge on any atom is 0.243 e. The van der Waals surface area contributed by atoms with Crippen LogP contribution in [-0.4, -0.2) is 43.6 Å².